The monoisotopic (exact) mass is 284 g/mol. The molecule has 86 valence electrons. The third kappa shape index (κ3) is 2.98. The van der Waals surface area contributed by atoms with Crippen molar-refractivity contribution in [2.24, 2.45) is 5.92 Å². The van der Waals surface area contributed by atoms with Gasteiger partial charge in [-0.25, -0.2) is 4.79 Å². The van der Waals surface area contributed by atoms with E-state index in [1.807, 2.05) is 0 Å². The van der Waals surface area contributed by atoms with Crippen LogP contribution in [-0.2, 0) is 4.74 Å². The Labute approximate surface area is 103 Å². The minimum Gasteiger partial charge on any atom is -0.460 e. The van der Waals surface area contributed by atoms with Crippen LogP contribution in [0.5, 0.6) is 0 Å². The molecule has 0 aromatic carbocycles. The van der Waals surface area contributed by atoms with Gasteiger partial charge in [0, 0.05) is 0 Å². The van der Waals surface area contributed by atoms with Crippen LogP contribution in [0.15, 0.2) is 33.4 Å². The molecule has 1 atom stereocenters. The number of hydrogen-bond donors (Lipinski definition) is 0. The van der Waals surface area contributed by atoms with E-state index in [1.54, 1.807) is 12.1 Å². The average molecular weight is 285 g/mol. The molecule has 1 aromatic heterocycles. The van der Waals surface area contributed by atoms with Gasteiger partial charge < -0.3 is 9.15 Å². The van der Waals surface area contributed by atoms with E-state index in [2.05, 4.69) is 28.1 Å². The molecule has 0 spiro atoms. The van der Waals surface area contributed by atoms with Crippen LogP contribution in [0, 0.1) is 5.92 Å². The van der Waals surface area contributed by atoms with Crippen LogP contribution in [0.1, 0.15) is 29.8 Å². The van der Waals surface area contributed by atoms with Crippen LogP contribution in [0.4, 0.5) is 0 Å². The molecule has 3 nitrogen and oxygen atoms in total. The number of rotatable bonds is 3. The lowest BCUT2D eigenvalue weighted by atomic mass is 9.95. The van der Waals surface area contributed by atoms with E-state index in [-0.39, 0.29) is 11.7 Å². The normalized spacial score (nSPS) is 19.7. The third-order valence-electron chi connectivity index (χ3n) is 2.60. The van der Waals surface area contributed by atoms with Gasteiger partial charge in [0.15, 0.2) is 4.67 Å². The van der Waals surface area contributed by atoms with Crippen LogP contribution in [0.2, 0.25) is 0 Å². The Morgan fingerprint density at radius 1 is 1.50 bits per heavy atom. The van der Waals surface area contributed by atoms with Crippen molar-refractivity contribution in [1.82, 2.24) is 0 Å². The molecule has 4 heteroatoms. The van der Waals surface area contributed by atoms with Crippen molar-refractivity contribution in [3.05, 3.63) is 34.7 Å². The molecule has 1 aliphatic rings. The fourth-order valence-corrected chi connectivity index (χ4v) is 2.00. The first-order valence-corrected chi connectivity index (χ1v) is 6.12. The van der Waals surface area contributed by atoms with Crippen LogP contribution in [-0.4, -0.2) is 12.6 Å². The summed E-state index contributed by atoms with van der Waals surface area (Å²) in [5.74, 6) is 0.311. The Hall–Kier alpha value is -1.03. The second kappa shape index (κ2) is 5.34. The van der Waals surface area contributed by atoms with E-state index >= 15 is 0 Å². The molecule has 0 fully saturated rings. The summed E-state index contributed by atoms with van der Waals surface area (Å²) < 4.78 is 10.8. The smallest absolute Gasteiger partial charge is 0.374 e. The summed E-state index contributed by atoms with van der Waals surface area (Å²) >= 11 is 3.14. The van der Waals surface area contributed by atoms with Gasteiger partial charge in [0.25, 0.3) is 0 Å². The minimum absolute atomic E-state index is 0.248. The van der Waals surface area contributed by atoms with E-state index in [4.69, 9.17) is 9.15 Å². The predicted octanol–water partition coefficient (Wildman–Crippen LogP) is 3.56. The van der Waals surface area contributed by atoms with Crippen molar-refractivity contribution in [3.63, 3.8) is 0 Å². The SMILES string of the molecule is O=C(OCC1CC=CCC1)c1ccc(Br)o1. The van der Waals surface area contributed by atoms with Crippen LogP contribution >= 0.6 is 15.9 Å². The van der Waals surface area contributed by atoms with E-state index in [9.17, 15) is 4.79 Å². The highest BCUT2D eigenvalue weighted by Gasteiger charge is 2.16. The summed E-state index contributed by atoms with van der Waals surface area (Å²) in [7, 11) is 0. The number of hydrogen-bond acceptors (Lipinski definition) is 3. The van der Waals surface area contributed by atoms with Gasteiger partial charge in [0.05, 0.1) is 6.61 Å². The molecule has 1 aromatic rings. The molecule has 0 aliphatic heterocycles. The van der Waals surface area contributed by atoms with Gasteiger partial charge >= 0.3 is 5.97 Å². The number of ether oxygens (including phenoxy) is 1. The fraction of sp³-hybridized carbons (Fsp3) is 0.417. The fourth-order valence-electron chi connectivity index (χ4n) is 1.70. The summed E-state index contributed by atoms with van der Waals surface area (Å²) in [5, 5.41) is 0. The van der Waals surface area contributed by atoms with Crippen LogP contribution < -0.4 is 0 Å². The van der Waals surface area contributed by atoms with Gasteiger partial charge in [-0.1, -0.05) is 12.2 Å². The highest BCUT2D eigenvalue weighted by molar-refractivity contribution is 9.10. The second-order valence-electron chi connectivity index (χ2n) is 3.85. The largest absolute Gasteiger partial charge is 0.460 e. The molecule has 0 saturated heterocycles. The number of carbonyl (C=O) groups is 1. The number of halogens is 1. The molecular formula is C12H13BrO3. The Morgan fingerprint density at radius 3 is 3.00 bits per heavy atom. The summed E-state index contributed by atoms with van der Waals surface area (Å²) in [6.45, 7) is 0.474. The molecule has 0 N–H and O–H groups in total. The van der Waals surface area contributed by atoms with Gasteiger partial charge in [0.2, 0.25) is 5.76 Å². The lowest BCUT2D eigenvalue weighted by molar-refractivity contribution is 0.0395. The maximum atomic E-state index is 11.5. The number of carbonyl (C=O) groups excluding carboxylic acids is 1. The third-order valence-corrected chi connectivity index (χ3v) is 3.03. The van der Waals surface area contributed by atoms with Crippen molar-refractivity contribution < 1.29 is 13.9 Å². The lowest BCUT2D eigenvalue weighted by Crippen LogP contribution is -2.14. The zero-order chi connectivity index (χ0) is 11.4. The first kappa shape index (κ1) is 11.5. The maximum absolute atomic E-state index is 11.5. The highest BCUT2D eigenvalue weighted by Crippen LogP contribution is 2.19. The number of furan rings is 1. The van der Waals surface area contributed by atoms with Crippen molar-refractivity contribution in [1.29, 1.82) is 0 Å². The van der Waals surface area contributed by atoms with E-state index in [1.165, 1.54) is 0 Å². The van der Waals surface area contributed by atoms with Gasteiger partial charge in [-0.15, -0.1) is 0 Å². The minimum atomic E-state index is -0.389. The first-order chi connectivity index (χ1) is 7.75. The summed E-state index contributed by atoms with van der Waals surface area (Å²) in [6.07, 6.45) is 7.47. The molecule has 1 heterocycles. The number of allylic oxidation sites excluding steroid dienone is 2. The standard InChI is InChI=1S/C12H13BrO3/c13-11-7-6-10(16-11)12(14)15-8-9-4-2-1-3-5-9/h1-2,6-7,9H,3-5,8H2. The molecule has 16 heavy (non-hydrogen) atoms. The molecule has 1 unspecified atom stereocenters. The zero-order valence-corrected chi connectivity index (χ0v) is 10.4. The van der Waals surface area contributed by atoms with E-state index < -0.39 is 0 Å². The Balaban J connectivity index is 1.81. The summed E-state index contributed by atoms with van der Waals surface area (Å²) in [4.78, 5) is 11.5. The average Bonchev–Trinajstić information content (AvgIpc) is 2.74. The van der Waals surface area contributed by atoms with E-state index in [0.717, 1.165) is 19.3 Å². The molecule has 2 rings (SSSR count). The Kier molecular flexibility index (Phi) is 3.83. The topological polar surface area (TPSA) is 39.4 Å². The van der Waals surface area contributed by atoms with Crippen molar-refractivity contribution in [3.8, 4) is 0 Å². The van der Waals surface area contributed by atoms with Crippen molar-refractivity contribution in [2.75, 3.05) is 6.61 Å². The van der Waals surface area contributed by atoms with E-state index in [0.29, 0.717) is 17.2 Å². The van der Waals surface area contributed by atoms with Crippen LogP contribution in [0.25, 0.3) is 0 Å². The molecular weight excluding hydrogens is 272 g/mol. The number of esters is 1. The molecule has 1 aliphatic carbocycles. The van der Waals surface area contributed by atoms with Crippen LogP contribution in [0.3, 0.4) is 0 Å². The Bertz CT molecular complexity index is 395. The summed E-state index contributed by atoms with van der Waals surface area (Å²) in [5.41, 5.74) is 0. The quantitative estimate of drug-likeness (QED) is 0.629. The lowest BCUT2D eigenvalue weighted by Gasteiger charge is -2.16. The first-order valence-electron chi connectivity index (χ1n) is 5.33. The molecule has 0 amide bonds. The zero-order valence-electron chi connectivity index (χ0n) is 8.82. The predicted molar refractivity (Wildman–Crippen MR) is 63.2 cm³/mol. The molecule has 0 radical (unpaired) electrons. The van der Waals surface area contributed by atoms with Gasteiger partial charge in [-0.05, 0) is 53.2 Å². The van der Waals surface area contributed by atoms with Crippen molar-refractivity contribution >= 4 is 21.9 Å². The van der Waals surface area contributed by atoms with Crippen molar-refractivity contribution in [2.45, 2.75) is 19.3 Å². The highest BCUT2D eigenvalue weighted by atomic mass is 79.9. The summed E-state index contributed by atoms with van der Waals surface area (Å²) in [6, 6.07) is 3.28. The van der Waals surface area contributed by atoms with Gasteiger partial charge in [0.1, 0.15) is 0 Å². The second-order valence-corrected chi connectivity index (χ2v) is 4.63. The molecule has 0 saturated carbocycles. The Morgan fingerprint density at radius 2 is 2.38 bits per heavy atom. The van der Waals surface area contributed by atoms with Gasteiger partial charge in [-0.3, -0.25) is 0 Å². The molecule has 0 bridgehead atoms. The maximum Gasteiger partial charge on any atom is 0.374 e. The van der Waals surface area contributed by atoms with Gasteiger partial charge in [-0.2, -0.15) is 0 Å².